The van der Waals surface area contributed by atoms with Gasteiger partial charge in [-0.05, 0) is 25.0 Å². The lowest BCUT2D eigenvalue weighted by Crippen LogP contribution is -2.41. The molecule has 1 saturated heterocycles. The largest absolute Gasteiger partial charge is 0.364 e. The van der Waals surface area contributed by atoms with Crippen LogP contribution < -0.4 is 5.43 Å². The van der Waals surface area contributed by atoms with Gasteiger partial charge >= 0.3 is 0 Å². The van der Waals surface area contributed by atoms with Gasteiger partial charge in [-0.2, -0.15) is 0 Å². The molecular weight excluding hydrogens is 162 g/mol. The first-order valence-corrected chi connectivity index (χ1v) is 5.06. The van der Waals surface area contributed by atoms with E-state index in [1.54, 1.807) is 0 Å². The van der Waals surface area contributed by atoms with Gasteiger partial charge in [0.15, 0.2) is 0 Å². The number of hydrazine groups is 1. The van der Waals surface area contributed by atoms with Crippen molar-refractivity contribution in [1.82, 2.24) is 15.4 Å². The normalized spacial score (nSPS) is 19.1. The summed E-state index contributed by atoms with van der Waals surface area (Å²) in [6.07, 6.45) is 6.02. The summed E-state index contributed by atoms with van der Waals surface area (Å²) in [4.78, 5) is 3.19. The average Bonchev–Trinajstić information content (AvgIpc) is 2.69. The van der Waals surface area contributed by atoms with Gasteiger partial charge in [-0.25, -0.2) is 10.4 Å². The summed E-state index contributed by atoms with van der Waals surface area (Å²) in [6, 6.07) is 4.14. The Kier molecular flexibility index (Phi) is 3.00. The molecule has 1 aliphatic heterocycles. The van der Waals surface area contributed by atoms with Crippen molar-refractivity contribution >= 4 is 0 Å². The van der Waals surface area contributed by atoms with Crippen LogP contribution in [0.25, 0.3) is 0 Å². The number of hydrogen-bond donors (Lipinski definition) is 2. The molecule has 2 heterocycles. The molecule has 1 aliphatic rings. The Morgan fingerprint density at radius 2 is 2.15 bits per heavy atom. The number of rotatable bonds is 3. The molecule has 1 aromatic rings. The van der Waals surface area contributed by atoms with Crippen molar-refractivity contribution in [2.75, 3.05) is 13.1 Å². The van der Waals surface area contributed by atoms with Gasteiger partial charge in [0.05, 0.1) is 6.54 Å². The molecule has 0 amide bonds. The zero-order valence-corrected chi connectivity index (χ0v) is 7.92. The van der Waals surface area contributed by atoms with Gasteiger partial charge in [-0.3, -0.25) is 0 Å². The van der Waals surface area contributed by atoms with Gasteiger partial charge in [0.1, 0.15) is 0 Å². The van der Waals surface area contributed by atoms with Crippen LogP contribution in [0.4, 0.5) is 0 Å². The summed E-state index contributed by atoms with van der Waals surface area (Å²) in [5.41, 5.74) is 4.68. The van der Waals surface area contributed by atoms with E-state index < -0.39 is 0 Å². The molecule has 2 rings (SSSR count). The van der Waals surface area contributed by atoms with Gasteiger partial charge in [0, 0.05) is 25.0 Å². The lowest BCUT2D eigenvalue weighted by molar-refractivity contribution is 0.150. The highest BCUT2D eigenvalue weighted by atomic mass is 15.5. The average molecular weight is 179 g/mol. The summed E-state index contributed by atoms with van der Waals surface area (Å²) >= 11 is 0. The van der Waals surface area contributed by atoms with E-state index in [0.717, 1.165) is 6.54 Å². The first-order chi connectivity index (χ1) is 6.45. The Morgan fingerprint density at radius 3 is 2.85 bits per heavy atom. The molecule has 0 aliphatic carbocycles. The van der Waals surface area contributed by atoms with E-state index in [1.165, 1.54) is 38.0 Å². The predicted molar refractivity (Wildman–Crippen MR) is 53.1 cm³/mol. The number of nitrogens with zero attached hydrogens (tertiary/aromatic N) is 1. The summed E-state index contributed by atoms with van der Waals surface area (Å²) in [5.74, 6) is 0. The Hall–Kier alpha value is -0.800. The van der Waals surface area contributed by atoms with Crippen LogP contribution in [0.15, 0.2) is 18.3 Å². The number of aromatic amines is 1. The standard InChI is InChI=1S/C10H17N3/c1-2-7-13(8-3-1)12-9-10-5-4-6-11-10/h4-6,11-12H,1-3,7-9H2. The smallest absolute Gasteiger partial charge is 0.0504 e. The molecule has 3 nitrogen and oxygen atoms in total. The van der Waals surface area contributed by atoms with E-state index >= 15 is 0 Å². The van der Waals surface area contributed by atoms with Crippen LogP contribution in [0.5, 0.6) is 0 Å². The summed E-state index contributed by atoms with van der Waals surface area (Å²) in [5, 5.41) is 2.32. The molecule has 72 valence electrons. The number of piperidine rings is 1. The quantitative estimate of drug-likeness (QED) is 0.737. The minimum Gasteiger partial charge on any atom is -0.364 e. The first kappa shape index (κ1) is 8.78. The Morgan fingerprint density at radius 1 is 1.31 bits per heavy atom. The molecule has 0 radical (unpaired) electrons. The SMILES string of the molecule is c1c[nH]c(CNN2CCCCC2)c1. The fourth-order valence-corrected chi connectivity index (χ4v) is 1.73. The second-order valence-corrected chi connectivity index (χ2v) is 3.58. The third-order valence-electron chi connectivity index (χ3n) is 2.51. The minimum atomic E-state index is 0.924. The van der Waals surface area contributed by atoms with Gasteiger partial charge in [0.2, 0.25) is 0 Å². The maximum Gasteiger partial charge on any atom is 0.0504 e. The van der Waals surface area contributed by atoms with Crippen molar-refractivity contribution in [2.45, 2.75) is 25.8 Å². The third kappa shape index (κ3) is 2.57. The molecule has 3 heteroatoms. The molecule has 1 fully saturated rings. The van der Waals surface area contributed by atoms with E-state index in [-0.39, 0.29) is 0 Å². The van der Waals surface area contributed by atoms with Crippen molar-refractivity contribution in [3.8, 4) is 0 Å². The topological polar surface area (TPSA) is 31.1 Å². The van der Waals surface area contributed by atoms with Gasteiger partial charge < -0.3 is 4.98 Å². The molecule has 0 saturated carbocycles. The Labute approximate surface area is 79.1 Å². The Balaban J connectivity index is 1.72. The number of hydrogen-bond acceptors (Lipinski definition) is 2. The van der Waals surface area contributed by atoms with Gasteiger partial charge in [-0.1, -0.05) is 6.42 Å². The summed E-state index contributed by atoms with van der Waals surface area (Å²) < 4.78 is 0. The van der Waals surface area contributed by atoms with Gasteiger partial charge in [-0.15, -0.1) is 0 Å². The fraction of sp³-hybridized carbons (Fsp3) is 0.600. The Bertz CT molecular complexity index is 224. The van der Waals surface area contributed by atoms with Crippen molar-refractivity contribution in [2.24, 2.45) is 0 Å². The maximum atomic E-state index is 3.43. The highest BCUT2D eigenvalue weighted by molar-refractivity contribution is 5.02. The molecule has 0 atom stereocenters. The van der Waals surface area contributed by atoms with Gasteiger partial charge in [0.25, 0.3) is 0 Å². The summed E-state index contributed by atoms with van der Waals surface area (Å²) in [6.45, 7) is 3.31. The minimum absolute atomic E-state index is 0.924. The number of H-pyrrole nitrogens is 1. The molecule has 13 heavy (non-hydrogen) atoms. The molecular formula is C10H17N3. The van der Waals surface area contributed by atoms with Crippen molar-refractivity contribution in [1.29, 1.82) is 0 Å². The molecule has 0 bridgehead atoms. The van der Waals surface area contributed by atoms with Crippen molar-refractivity contribution < 1.29 is 0 Å². The lowest BCUT2D eigenvalue weighted by Gasteiger charge is -2.26. The van der Waals surface area contributed by atoms with Crippen LogP contribution in [0.1, 0.15) is 25.0 Å². The highest BCUT2D eigenvalue weighted by Gasteiger charge is 2.08. The summed E-state index contributed by atoms with van der Waals surface area (Å²) in [7, 11) is 0. The van der Waals surface area contributed by atoms with Crippen LogP contribution >= 0.6 is 0 Å². The highest BCUT2D eigenvalue weighted by Crippen LogP contribution is 2.06. The van der Waals surface area contributed by atoms with Crippen molar-refractivity contribution in [3.63, 3.8) is 0 Å². The second-order valence-electron chi connectivity index (χ2n) is 3.58. The van der Waals surface area contributed by atoms with E-state index in [1.807, 2.05) is 12.3 Å². The zero-order valence-electron chi connectivity index (χ0n) is 7.92. The zero-order chi connectivity index (χ0) is 8.93. The molecule has 1 aromatic heterocycles. The molecule has 0 aromatic carbocycles. The second kappa shape index (κ2) is 4.44. The lowest BCUT2D eigenvalue weighted by atomic mass is 10.2. The van der Waals surface area contributed by atoms with E-state index in [0.29, 0.717) is 0 Å². The van der Waals surface area contributed by atoms with Crippen LogP contribution in [0.3, 0.4) is 0 Å². The van der Waals surface area contributed by atoms with Crippen LogP contribution in [0.2, 0.25) is 0 Å². The van der Waals surface area contributed by atoms with E-state index in [4.69, 9.17) is 0 Å². The van der Waals surface area contributed by atoms with E-state index in [2.05, 4.69) is 21.5 Å². The monoisotopic (exact) mass is 179 g/mol. The molecule has 2 N–H and O–H groups in total. The number of nitrogens with one attached hydrogen (secondary N) is 2. The fourth-order valence-electron chi connectivity index (χ4n) is 1.73. The molecule has 0 unspecified atom stereocenters. The predicted octanol–water partition coefficient (Wildman–Crippen LogP) is 1.51. The van der Waals surface area contributed by atoms with Crippen LogP contribution in [-0.4, -0.2) is 23.1 Å². The maximum absolute atomic E-state index is 3.43. The third-order valence-corrected chi connectivity index (χ3v) is 2.51. The van der Waals surface area contributed by atoms with Crippen LogP contribution in [-0.2, 0) is 6.54 Å². The van der Waals surface area contributed by atoms with Crippen LogP contribution in [0, 0.1) is 0 Å². The van der Waals surface area contributed by atoms with E-state index in [9.17, 15) is 0 Å². The number of aromatic nitrogens is 1. The molecule has 0 spiro atoms. The first-order valence-electron chi connectivity index (χ1n) is 5.06. The van der Waals surface area contributed by atoms with Crippen molar-refractivity contribution in [3.05, 3.63) is 24.0 Å².